The van der Waals surface area contributed by atoms with Crippen LogP contribution in [-0.2, 0) is 16.1 Å². The zero-order valence-electron chi connectivity index (χ0n) is 15.0. The predicted octanol–water partition coefficient (Wildman–Crippen LogP) is 2.96. The number of carbonyl (C=O) groups excluding carboxylic acids is 1. The van der Waals surface area contributed by atoms with E-state index in [4.69, 9.17) is 14.6 Å². The van der Waals surface area contributed by atoms with Crippen LogP contribution in [0.2, 0.25) is 0 Å². The van der Waals surface area contributed by atoms with E-state index in [2.05, 4.69) is 26.6 Å². The summed E-state index contributed by atoms with van der Waals surface area (Å²) in [5.41, 5.74) is 2.61. The van der Waals surface area contributed by atoms with Gasteiger partial charge in [-0.3, -0.25) is 9.59 Å². The molecule has 144 valence electrons. The molecule has 27 heavy (non-hydrogen) atoms. The Bertz CT molecular complexity index is 808. The second kappa shape index (κ2) is 9.94. The third kappa shape index (κ3) is 6.58. The van der Waals surface area contributed by atoms with Gasteiger partial charge >= 0.3 is 5.97 Å². The first-order chi connectivity index (χ1) is 12.9. The average Bonchev–Trinajstić information content (AvgIpc) is 2.63. The van der Waals surface area contributed by atoms with Gasteiger partial charge in [-0.25, -0.2) is 0 Å². The summed E-state index contributed by atoms with van der Waals surface area (Å²) in [6.45, 7) is 2.00. The second-order valence-electron chi connectivity index (χ2n) is 5.79. The van der Waals surface area contributed by atoms with Crippen molar-refractivity contribution in [3.63, 3.8) is 0 Å². The highest BCUT2D eigenvalue weighted by molar-refractivity contribution is 9.10. The zero-order chi connectivity index (χ0) is 19.8. The molecule has 0 radical (unpaired) electrons. The zero-order valence-corrected chi connectivity index (χ0v) is 16.6. The van der Waals surface area contributed by atoms with Crippen molar-refractivity contribution in [1.29, 1.82) is 0 Å². The second-order valence-corrected chi connectivity index (χ2v) is 6.65. The highest BCUT2D eigenvalue weighted by atomic mass is 79.9. The number of aryl methyl sites for hydroxylation is 1. The molecule has 8 heteroatoms. The van der Waals surface area contributed by atoms with Crippen LogP contribution in [0.1, 0.15) is 11.1 Å². The van der Waals surface area contributed by atoms with Gasteiger partial charge < -0.3 is 25.2 Å². The standard InChI is InChI=1S/C19H21BrN2O5/c1-12-3-5-14(6-4-12)22-18(23)11-27-17-8-15(20)13(7-16(17)26-2)9-21-10-19(24)25/h3-8,21H,9-11H2,1-2H3,(H,22,23)(H,24,25). The van der Waals surface area contributed by atoms with Gasteiger partial charge in [0.05, 0.1) is 13.7 Å². The van der Waals surface area contributed by atoms with E-state index in [9.17, 15) is 9.59 Å². The van der Waals surface area contributed by atoms with Crippen LogP contribution in [-0.4, -0.2) is 37.2 Å². The highest BCUT2D eigenvalue weighted by Gasteiger charge is 2.12. The summed E-state index contributed by atoms with van der Waals surface area (Å²) in [7, 11) is 1.50. The Balaban J connectivity index is 1.98. The monoisotopic (exact) mass is 436 g/mol. The molecule has 2 aromatic rings. The number of rotatable bonds is 9. The van der Waals surface area contributed by atoms with Gasteiger partial charge in [-0.2, -0.15) is 0 Å². The average molecular weight is 437 g/mol. The summed E-state index contributed by atoms with van der Waals surface area (Å²) < 4.78 is 11.6. The number of aliphatic carboxylic acids is 1. The fourth-order valence-corrected chi connectivity index (χ4v) is 2.73. The first-order valence-corrected chi connectivity index (χ1v) is 8.96. The van der Waals surface area contributed by atoms with E-state index in [1.54, 1.807) is 12.1 Å². The lowest BCUT2D eigenvalue weighted by molar-refractivity contribution is -0.136. The number of anilines is 1. The largest absolute Gasteiger partial charge is 0.493 e. The van der Waals surface area contributed by atoms with E-state index in [0.29, 0.717) is 23.7 Å². The lowest BCUT2D eigenvalue weighted by Crippen LogP contribution is -2.22. The fraction of sp³-hybridized carbons (Fsp3) is 0.263. The summed E-state index contributed by atoms with van der Waals surface area (Å²) in [5, 5.41) is 14.3. The first-order valence-electron chi connectivity index (χ1n) is 8.17. The van der Waals surface area contributed by atoms with Gasteiger partial charge in [0.15, 0.2) is 18.1 Å². The number of hydrogen-bond acceptors (Lipinski definition) is 5. The highest BCUT2D eigenvalue weighted by Crippen LogP contribution is 2.33. The van der Waals surface area contributed by atoms with Crippen LogP contribution >= 0.6 is 15.9 Å². The number of ether oxygens (including phenoxy) is 2. The van der Waals surface area contributed by atoms with Gasteiger partial charge in [-0.05, 0) is 36.8 Å². The molecular formula is C19H21BrN2O5. The van der Waals surface area contributed by atoms with Crippen molar-refractivity contribution in [3.05, 3.63) is 52.0 Å². The van der Waals surface area contributed by atoms with Crippen LogP contribution in [0.3, 0.4) is 0 Å². The minimum atomic E-state index is -0.933. The van der Waals surface area contributed by atoms with Crippen molar-refractivity contribution >= 4 is 33.5 Å². The van der Waals surface area contributed by atoms with Crippen molar-refractivity contribution in [2.45, 2.75) is 13.5 Å². The molecule has 0 heterocycles. The van der Waals surface area contributed by atoms with Gasteiger partial charge in [-0.1, -0.05) is 33.6 Å². The Labute approximate surface area is 165 Å². The summed E-state index contributed by atoms with van der Waals surface area (Å²) in [6.07, 6.45) is 0. The fourth-order valence-electron chi connectivity index (χ4n) is 2.27. The van der Waals surface area contributed by atoms with Crippen LogP contribution < -0.4 is 20.1 Å². The minimum absolute atomic E-state index is 0.147. The molecule has 0 saturated heterocycles. The van der Waals surface area contributed by atoms with Crippen LogP contribution in [0.4, 0.5) is 5.69 Å². The summed E-state index contributed by atoms with van der Waals surface area (Å²) in [5.74, 6) is -0.360. The molecule has 1 amide bonds. The van der Waals surface area contributed by atoms with Gasteiger partial charge in [-0.15, -0.1) is 0 Å². The topological polar surface area (TPSA) is 96.9 Å². The minimum Gasteiger partial charge on any atom is -0.493 e. The number of amides is 1. The molecule has 0 aliphatic carbocycles. The van der Waals surface area contributed by atoms with E-state index < -0.39 is 5.97 Å². The number of halogens is 1. The van der Waals surface area contributed by atoms with E-state index >= 15 is 0 Å². The maximum absolute atomic E-state index is 12.1. The number of benzene rings is 2. The van der Waals surface area contributed by atoms with Crippen molar-refractivity contribution in [1.82, 2.24) is 5.32 Å². The Kier molecular flexibility index (Phi) is 7.63. The molecule has 0 bridgehead atoms. The van der Waals surface area contributed by atoms with Gasteiger partial charge in [0.25, 0.3) is 5.91 Å². The Morgan fingerprint density at radius 2 is 1.85 bits per heavy atom. The lowest BCUT2D eigenvalue weighted by Gasteiger charge is -2.14. The van der Waals surface area contributed by atoms with Crippen molar-refractivity contribution in [3.8, 4) is 11.5 Å². The molecule has 0 aliphatic heterocycles. The predicted molar refractivity (Wildman–Crippen MR) is 105 cm³/mol. The number of methoxy groups -OCH3 is 1. The maximum atomic E-state index is 12.1. The third-order valence-electron chi connectivity index (χ3n) is 3.62. The van der Waals surface area contributed by atoms with Crippen molar-refractivity contribution < 1.29 is 24.2 Å². The maximum Gasteiger partial charge on any atom is 0.317 e. The Hall–Kier alpha value is -2.58. The van der Waals surface area contributed by atoms with Crippen LogP contribution in [0.25, 0.3) is 0 Å². The van der Waals surface area contributed by atoms with Gasteiger partial charge in [0.1, 0.15) is 0 Å². The van der Waals surface area contributed by atoms with Crippen molar-refractivity contribution in [2.24, 2.45) is 0 Å². The molecule has 0 unspecified atom stereocenters. The molecule has 0 aliphatic rings. The molecule has 2 aromatic carbocycles. The SMILES string of the molecule is COc1cc(CNCC(=O)O)c(Br)cc1OCC(=O)Nc1ccc(C)cc1. The Morgan fingerprint density at radius 1 is 1.15 bits per heavy atom. The van der Waals surface area contributed by atoms with E-state index in [0.717, 1.165) is 15.6 Å². The van der Waals surface area contributed by atoms with E-state index in [-0.39, 0.29) is 19.1 Å². The molecule has 0 saturated carbocycles. The van der Waals surface area contributed by atoms with Crippen LogP contribution in [0, 0.1) is 6.92 Å². The molecule has 0 aromatic heterocycles. The number of carboxylic acids is 1. The number of nitrogens with one attached hydrogen (secondary N) is 2. The molecule has 0 atom stereocenters. The van der Waals surface area contributed by atoms with E-state index in [1.165, 1.54) is 7.11 Å². The number of carboxylic acid groups (broad SMARTS) is 1. The van der Waals surface area contributed by atoms with Crippen LogP contribution in [0.15, 0.2) is 40.9 Å². The van der Waals surface area contributed by atoms with Crippen LogP contribution in [0.5, 0.6) is 11.5 Å². The summed E-state index contributed by atoms with van der Waals surface area (Å²) in [4.78, 5) is 22.7. The summed E-state index contributed by atoms with van der Waals surface area (Å²) >= 11 is 3.42. The first kappa shape index (κ1) is 20.7. The third-order valence-corrected chi connectivity index (χ3v) is 4.36. The normalized spacial score (nSPS) is 10.3. The Morgan fingerprint density at radius 3 is 2.48 bits per heavy atom. The number of carbonyl (C=O) groups is 2. The van der Waals surface area contributed by atoms with Gasteiger partial charge in [0.2, 0.25) is 0 Å². The smallest absolute Gasteiger partial charge is 0.317 e. The summed E-state index contributed by atoms with van der Waals surface area (Å²) in [6, 6.07) is 10.9. The molecule has 3 N–H and O–H groups in total. The van der Waals surface area contributed by atoms with Gasteiger partial charge in [0, 0.05) is 16.7 Å². The quantitative estimate of drug-likeness (QED) is 0.558. The van der Waals surface area contributed by atoms with Crippen molar-refractivity contribution in [2.75, 3.05) is 25.6 Å². The number of hydrogen-bond donors (Lipinski definition) is 3. The molecule has 2 rings (SSSR count). The molecule has 0 spiro atoms. The van der Waals surface area contributed by atoms with E-state index in [1.807, 2.05) is 31.2 Å². The molecule has 0 fully saturated rings. The molecule has 7 nitrogen and oxygen atoms in total. The lowest BCUT2D eigenvalue weighted by atomic mass is 10.2. The molecular weight excluding hydrogens is 416 g/mol.